The minimum atomic E-state index is 0.0420. The van der Waals surface area contributed by atoms with Gasteiger partial charge >= 0.3 is 0 Å². The summed E-state index contributed by atoms with van der Waals surface area (Å²) in [5, 5.41) is 8.03. The predicted molar refractivity (Wildman–Crippen MR) is 98.7 cm³/mol. The van der Waals surface area contributed by atoms with Gasteiger partial charge in [0.15, 0.2) is 0 Å². The van der Waals surface area contributed by atoms with E-state index in [1.807, 2.05) is 52.2 Å². The molecule has 0 atom stereocenters. The molecule has 4 rings (SSSR count). The number of aromatic amines is 1. The SMILES string of the molecule is O=C(Cc1ccsc1)NCC1CN(C(=O)c2ccc3cc[nH]c3c2)C1. The number of amides is 2. The Labute approximate surface area is 149 Å². The lowest BCUT2D eigenvalue weighted by Gasteiger charge is -2.39. The molecule has 2 N–H and O–H groups in total. The number of rotatable bonds is 5. The first-order chi connectivity index (χ1) is 12.2. The summed E-state index contributed by atoms with van der Waals surface area (Å²) in [7, 11) is 0. The lowest BCUT2D eigenvalue weighted by atomic mass is 9.98. The van der Waals surface area contributed by atoms with Crippen molar-refractivity contribution in [3.8, 4) is 0 Å². The third-order valence-corrected chi connectivity index (χ3v) is 5.31. The number of carbonyl (C=O) groups is 2. The summed E-state index contributed by atoms with van der Waals surface area (Å²) in [6, 6.07) is 9.68. The zero-order valence-electron chi connectivity index (χ0n) is 13.7. The predicted octanol–water partition coefficient (Wildman–Crippen LogP) is 2.66. The van der Waals surface area contributed by atoms with E-state index in [4.69, 9.17) is 0 Å². The van der Waals surface area contributed by atoms with E-state index in [1.54, 1.807) is 11.3 Å². The Hall–Kier alpha value is -2.60. The number of hydrogen-bond acceptors (Lipinski definition) is 3. The molecule has 0 unspecified atom stereocenters. The highest BCUT2D eigenvalue weighted by molar-refractivity contribution is 7.08. The molecule has 0 saturated carbocycles. The molecule has 3 heterocycles. The highest BCUT2D eigenvalue weighted by Gasteiger charge is 2.31. The maximum absolute atomic E-state index is 12.5. The van der Waals surface area contributed by atoms with Gasteiger partial charge in [0.05, 0.1) is 6.42 Å². The van der Waals surface area contributed by atoms with Crippen LogP contribution in [0.3, 0.4) is 0 Å². The third kappa shape index (κ3) is 3.44. The lowest BCUT2D eigenvalue weighted by Crippen LogP contribution is -2.53. The Kier molecular flexibility index (Phi) is 4.28. The zero-order chi connectivity index (χ0) is 17.2. The Morgan fingerprint density at radius 1 is 1.24 bits per heavy atom. The summed E-state index contributed by atoms with van der Waals surface area (Å²) < 4.78 is 0. The number of hydrogen-bond donors (Lipinski definition) is 2. The first kappa shape index (κ1) is 15.9. The minimum Gasteiger partial charge on any atom is -0.361 e. The number of benzene rings is 1. The normalized spacial score (nSPS) is 14.5. The molecular weight excluding hydrogens is 334 g/mol. The highest BCUT2D eigenvalue weighted by Crippen LogP contribution is 2.21. The molecule has 0 aliphatic carbocycles. The fraction of sp³-hybridized carbons (Fsp3) is 0.263. The summed E-state index contributed by atoms with van der Waals surface area (Å²) in [4.78, 5) is 29.4. The average Bonchev–Trinajstić information content (AvgIpc) is 3.23. The van der Waals surface area contributed by atoms with E-state index >= 15 is 0 Å². The van der Waals surface area contributed by atoms with Crippen molar-refractivity contribution in [3.63, 3.8) is 0 Å². The largest absolute Gasteiger partial charge is 0.361 e. The number of likely N-dealkylation sites (tertiary alicyclic amines) is 1. The average molecular weight is 353 g/mol. The van der Waals surface area contributed by atoms with Crippen molar-refractivity contribution in [1.82, 2.24) is 15.2 Å². The number of nitrogens with zero attached hydrogens (tertiary/aromatic N) is 1. The van der Waals surface area contributed by atoms with Crippen LogP contribution in [0.2, 0.25) is 0 Å². The van der Waals surface area contributed by atoms with Crippen LogP contribution in [0.4, 0.5) is 0 Å². The van der Waals surface area contributed by atoms with Gasteiger partial charge < -0.3 is 15.2 Å². The lowest BCUT2D eigenvalue weighted by molar-refractivity contribution is -0.120. The number of H-pyrrole nitrogens is 1. The van der Waals surface area contributed by atoms with Gasteiger partial charge in [-0.2, -0.15) is 11.3 Å². The van der Waals surface area contributed by atoms with Gasteiger partial charge in [-0.15, -0.1) is 0 Å². The van der Waals surface area contributed by atoms with Crippen molar-refractivity contribution in [2.24, 2.45) is 5.92 Å². The third-order valence-electron chi connectivity index (χ3n) is 4.58. The molecule has 1 saturated heterocycles. The van der Waals surface area contributed by atoms with Crippen LogP contribution in [-0.4, -0.2) is 41.3 Å². The number of carbonyl (C=O) groups excluding carboxylic acids is 2. The standard InChI is InChI=1S/C19H19N3O2S/c23-18(7-13-4-6-25-12-13)21-9-14-10-22(11-14)19(24)16-2-1-15-3-5-20-17(15)8-16/h1-6,8,12,14,20H,7,9-11H2,(H,21,23). The molecule has 1 aromatic carbocycles. The van der Waals surface area contributed by atoms with Crippen LogP contribution in [0.1, 0.15) is 15.9 Å². The van der Waals surface area contributed by atoms with Crippen molar-refractivity contribution in [3.05, 3.63) is 58.4 Å². The molecule has 5 nitrogen and oxygen atoms in total. The Balaban J connectivity index is 1.25. The summed E-state index contributed by atoms with van der Waals surface area (Å²) in [5.41, 5.74) is 2.73. The maximum Gasteiger partial charge on any atom is 0.253 e. The van der Waals surface area contributed by atoms with E-state index in [0.717, 1.165) is 16.5 Å². The number of aromatic nitrogens is 1. The first-order valence-electron chi connectivity index (χ1n) is 8.33. The molecule has 1 aliphatic rings. The fourth-order valence-corrected chi connectivity index (χ4v) is 3.80. The van der Waals surface area contributed by atoms with Crippen molar-refractivity contribution in [2.45, 2.75) is 6.42 Å². The number of fused-ring (bicyclic) bond motifs is 1. The second-order valence-electron chi connectivity index (χ2n) is 6.47. The molecule has 0 spiro atoms. The molecule has 2 amide bonds. The molecule has 1 fully saturated rings. The number of thiophene rings is 1. The van der Waals surface area contributed by atoms with Gasteiger partial charge in [-0.1, -0.05) is 6.07 Å². The van der Waals surface area contributed by atoms with Crippen LogP contribution in [0.5, 0.6) is 0 Å². The monoisotopic (exact) mass is 353 g/mol. The first-order valence-corrected chi connectivity index (χ1v) is 9.27. The highest BCUT2D eigenvalue weighted by atomic mass is 32.1. The molecule has 3 aromatic rings. The van der Waals surface area contributed by atoms with Crippen LogP contribution >= 0.6 is 11.3 Å². The molecule has 2 aromatic heterocycles. The van der Waals surface area contributed by atoms with Crippen molar-refractivity contribution < 1.29 is 9.59 Å². The molecular formula is C19H19N3O2S. The van der Waals surface area contributed by atoms with Crippen molar-refractivity contribution >= 4 is 34.1 Å². The van der Waals surface area contributed by atoms with Crippen molar-refractivity contribution in [1.29, 1.82) is 0 Å². The smallest absolute Gasteiger partial charge is 0.253 e. The van der Waals surface area contributed by atoms with Crippen molar-refractivity contribution in [2.75, 3.05) is 19.6 Å². The Bertz CT molecular complexity index is 894. The van der Waals surface area contributed by atoms with E-state index in [2.05, 4.69) is 10.3 Å². The van der Waals surface area contributed by atoms with Gasteiger partial charge in [0.25, 0.3) is 5.91 Å². The topological polar surface area (TPSA) is 65.2 Å². The summed E-state index contributed by atoms with van der Waals surface area (Å²) >= 11 is 1.60. The Morgan fingerprint density at radius 3 is 2.92 bits per heavy atom. The van der Waals surface area contributed by atoms with Gasteiger partial charge in [0.1, 0.15) is 0 Å². The van der Waals surface area contributed by atoms with E-state index in [1.165, 1.54) is 0 Å². The molecule has 0 bridgehead atoms. The Morgan fingerprint density at radius 2 is 2.12 bits per heavy atom. The molecule has 0 radical (unpaired) electrons. The van der Waals surface area contributed by atoms with Crippen LogP contribution in [0.15, 0.2) is 47.3 Å². The molecule has 1 aliphatic heterocycles. The zero-order valence-corrected chi connectivity index (χ0v) is 14.5. The molecule has 6 heteroatoms. The van der Waals surface area contributed by atoms with Gasteiger partial charge in [-0.25, -0.2) is 0 Å². The molecule has 128 valence electrons. The fourth-order valence-electron chi connectivity index (χ4n) is 3.13. The second kappa shape index (κ2) is 6.72. The van der Waals surface area contributed by atoms with Gasteiger partial charge in [0.2, 0.25) is 5.91 Å². The minimum absolute atomic E-state index is 0.0420. The van der Waals surface area contributed by atoms with Crippen LogP contribution in [-0.2, 0) is 11.2 Å². The van der Waals surface area contributed by atoms with Crippen LogP contribution in [0, 0.1) is 5.92 Å². The quantitative estimate of drug-likeness (QED) is 0.741. The van der Waals surface area contributed by atoms with Gasteiger partial charge in [-0.3, -0.25) is 9.59 Å². The van der Waals surface area contributed by atoms with E-state index in [-0.39, 0.29) is 11.8 Å². The summed E-state index contributed by atoms with van der Waals surface area (Å²) in [6.45, 7) is 2.02. The van der Waals surface area contributed by atoms with Gasteiger partial charge in [-0.05, 0) is 46.0 Å². The van der Waals surface area contributed by atoms with E-state index < -0.39 is 0 Å². The van der Waals surface area contributed by atoms with E-state index in [0.29, 0.717) is 37.5 Å². The maximum atomic E-state index is 12.5. The molecule has 25 heavy (non-hydrogen) atoms. The second-order valence-corrected chi connectivity index (χ2v) is 7.25. The van der Waals surface area contributed by atoms with Crippen LogP contribution in [0.25, 0.3) is 10.9 Å². The number of nitrogens with one attached hydrogen (secondary N) is 2. The van der Waals surface area contributed by atoms with Crippen LogP contribution < -0.4 is 5.32 Å². The summed E-state index contributed by atoms with van der Waals surface area (Å²) in [5.74, 6) is 0.433. The van der Waals surface area contributed by atoms with E-state index in [9.17, 15) is 9.59 Å². The summed E-state index contributed by atoms with van der Waals surface area (Å²) in [6.07, 6.45) is 2.30. The van der Waals surface area contributed by atoms with Gasteiger partial charge in [0, 0.05) is 42.8 Å².